The fraction of sp³-hybridized carbons (Fsp3) is 0.286. The van der Waals surface area contributed by atoms with Crippen LogP contribution in [0.1, 0.15) is 13.3 Å². The quantitative estimate of drug-likeness (QED) is 0.375. The van der Waals surface area contributed by atoms with Crippen LogP contribution in [0.5, 0.6) is 11.5 Å². The number of methoxy groups -OCH3 is 1. The average Bonchev–Trinajstić information content (AvgIpc) is 2.69. The molecule has 0 aliphatic heterocycles. The first-order valence-electron chi connectivity index (χ1n) is 9.00. The Morgan fingerprint density at radius 3 is 2.40 bits per heavy atom. The second kappa shape index (κ2) is 6.04. The first-order valence-corrected chi connectivity index (χ1v) is 9.00. The van der Waals surface area contributed by atoms with E-state index in [9.17, 15) is 39.9 Å². The first-order chi connectivity index (χ1) is 14.0. The Balaban J connectivity index is 2.04. The predicted molar refractivity (Wildman–Crippen MR) is 101 cm³/mol. The molecule has 1 aromatic carbocycles. The fourth-order valence-electron chi connectivity index (χ4n) is 4.38. The maximum atomic E-state index is 12.9. The lowest BCUT2D eigenvalue weighted by atomic mass is 9.59. The third-order valence-corrected chi connectivity index (χ3v) is 5.94. The van der Waals surface area contributed by atoms with Gasteiger partial charge in [0.05, 0.1) is 7.11 Å². The largest absolute Gasteiger partial charge is 0.508 e. The highest BCUT2D eigenvalue weighted by Gasteiger charge is 2.70. The molecule has 5 N–H and O–H groups in total. The summed E-state index contributed by atoms with van der Waals surface area (Å²) in [5.74, 6) is -6.90. The van der Waals surface area contributed by atoms with Gasteiger partial charge in [-0.15, -0.1) is 0 Å². The SMILES string of the molecule is COc1cc(O)c2c(c1)=CC1CC3(O)C(=O)C(O)=C(C(C)=O)C(=O)C3(O)C(O)=C1C=2. The lowest BCUT2D eigenvalue weighted by Crippen LogP contribution is -2.70. The number of carbonyl (C=O) groups is 3. The molecule has 0 bridgehead atoms. The summed E-state index contributed by atoms with van der Waals surface area (Å²) >= 11 is 0. The molecule has 0 aromatic heterocycles. The number of allylic oxidation sites excluding steroid dienone is 1. The molecule has 0 amide bonds. The minimum absolute atomic E-state index is 0.0133. The molecule has 0 fully saturated rings. The van der Waals surface area contributed by atoms with E-state index in [1.807, 2.05) is 0 Å². The highest BCUT2D eigenvalue weighted by molar-refractivity contribution is 6.32. The monoisotopic (exact) mass is 414 g/mol. The minimum atomic E-state index is -3.16. The van der Waals surface area contributed by atoms with Gasteiger partial charge in [0.1, 0.15) is 22.8 Å². The van der Waals surface area contributed by atoms with Gasteiger partial charge >= 0.3 is 0 Å². The number of rotatable bonds is 2. The van der Waals surface area contributed by atoms with Gasteiger partial charge in [0.25, 0.3) is 0 Å². The molecule has 3 unspecified atom stereocenters. The van der Waals surface area contributed by atoms with E-state index >= 15 is 0 Å². The van der Waals surface area contributed by atoms with Crippen LogP contribution in [-0.2, 0) is 14.4 Å². The zero-order valence-corrected chi connectivity index (χ0v) is 16.0. The van der Waals surface area contributed by atoms with Crippen LogP contribution in [0.3, 0.4) is 0 Å². The van der Waals surface area contributed by atoms with E-state index in [1.165, 1.54) is 25.3 Å². The number of fused-ring (bicyclic) bond motifs is 3. The summed E-state index contributed by atoms with van der Waals surface area (Å²) in [5.41, 5.74) is -7.06. The molecule has 9 nitrogen and oxygen atoms in total. The summed E-state index contributed by atoms with van der Waals surface area (Å²) in [6.45, 7) is 0.905. The van der Waals surface area contributed by atoms with Crippen molar-refractivity contribution < 1.29 is 44.7 Å². The lowest BCUT2D eigenvalue weighted by Gasteiger charge is -2.48. The molecule has 30 heavy (non-hydrogen) atoms. The van der Waals surface area contributed by atoms with Crippen LogP contribution in [-0.4, -0.2) is 61.2 Å². The Morgan fingerprint density at radius 1 is 1.13 bits per heavy atom. The molecule has 3 aliphatic rings. The third kappa shape index (κ3) is 2.21. The van der Waals surface area contributed by atoms with E-state index in [0.717, 1.165) is 6.92 Å². The summed E-state index contributed by atoms with van der Waals surface area (Å²) in [5, 5.41) is 54.1. The van der Waals surface area contributed by atoms with Gasteiger partial charge in [-0.3, -0.25) is 14.4 Å². The second-order valence-corrected chi connectivity index (χ2v) is 7.58. The van der Waals surface area contributed by atoms with Gasteiger partial charge in [-0.2, -0.15) is 0 Å². The number of phenolic OH excluding ortho intramolecular Hbond substituents is 1. The number of carbonyl (C=O) groups excluding carboxylic acids is 3. The van der Waals surface area contributed by atoms with E-state index in [0.29, 0.717) is 11.0 Å². The number of aliphatic hydroxyl groups is 4. The Labute approximate surface area is 169 Å². The third-order valence-electron chi connectivity index (χ3n) is 5.94. The maximum absolute atomic E-state index is 12.9. The first kappa shape index (κ1) is 19.9. The van der Waals surface area contributed by atoms with Crippen molar-refractivity contribution in [1.82, 2.24) is 0 Å². The zero-order chi connectivity index (χ0) is 22.2. The molecule has 4 rings (SSSR count). The Morgan fingerprint density at radius 2 is 1.80 bits per heavy atom. The van der Waals surface area contributed by atoms with Crippen LogP contribution in [0.15, 0.2) is 34.8 Å². The summed E-state index contributed by atoms with van der Waals surface area (Å²) in [4.78, 5) is 37.4. The van der Waals surface area contributed by atoms with Crippen molar-refractivity contribution in [3.05, 3.63) is 45.2 Å². The van der Waals surface area contributed by atoms with Gasteiger partial charge in [-0.05, 0) is 30.7 Å². The van der Waals surface area contributed by atoms with Gasteiger partial charge in [-0.1, -0.05) is 6.08 Å². The van der Waals surface area contributed by atoms with Crippen LogP contribution >= 0.6 is 0 Å². The van der Waals surface area contributed by atoms with Gasteiger partial charge in [0.2, 0.25) is 17.2 Å². The fourth-order valence-corrected chi connectivity index (χ4v) is 4.38. The van der Waals surface area contributed by atoms with Crippen molar-refractivity contribution >= 4 is 29.5 Å². The molecule has 3 aliphatic carbocycles. The standard InChI is InChI=1S/C21H18O9/c1-8(22)15-16(24)19(27)20(28)7-10-3-9-4-11(30-2)5-14(23)12(9)6-13(10)17(25)21(20,29)18(15)26/h3-6,10,23-25,28-29H,7H2,1-2H3. The van der Waals surface area contributed by atoms with Gasteiger partial charge in [0, 0.05) is 22.8 Å². The number of hydrogen-bond acceptors (Lipinski definition) is 9. The van der Waals surface area contributed by atoms with Crippen molar-refractivity contribution in [3.8, 4) is 11.5 Å². The van der Waals surface area contributed by atoms with Gasteiger partial charge in [-0.25, -0.2) is 0 Å². The molecule has 0 saturated carbocycles. The highest BCUT2D eigenvalue weighted by Crippen LogP contribution is 2.50. The molecule has 9 heteroatoms. The van der Waals surface area contributed by atoms with Gasteiger partial charge < -0.3 is 30.3 Å². The normalized spacial score (nSPS) is 30.1. The number of ketones is 3. The lowest BCUT2D eigenvalue weighted by molar-refractivity contribution is -0.186. The Hall–Kier alpha value is -3.43. The van der Waals surface area contributed by atoms with E-state index in [4.69, 9.17) is 4.74 Å². The second-order valence-electron chi connectivity index (χ2n) is 7.58. The summed E-state index contributed by atoms with van der Waals surface area (Å²) in [6.07, 6.45) is 2.29. The highest BCUT2D eigenvalue weighted by atomic mass is 16.5. The number of Topliss-reactive ketones (excluding diaryl/α,β-unsaturated/α-hetero) is 3. The Bertz CT molecular complexity index is 1240. The molecule has 3 atom stereocenters. The molecule has 1 aromatic rings. The van der Waals surface area contributed by atoms with Crippen molar-refractivity contribution in [2.24, 2.45) is 5.92 Å². The molecule has 0 heterocycles. The van der Waals surface area contributed by atoms with Crippen molar-refractivity contribution in [2.45, 2.75) is 24.5 Å². The molecule has 0 radical (unpaired) electrons. The van der Waals surface area contributed by atoms with E-state index in [-0.39, 0.29) is 16.5 Å². The van der Waals surface area contributed by atoms with E-state index in [2.05, 4.69) is 0 Å². The van der Waals surface area contributed by atoms with Crippen LogP contribution in [0.4, 0.5) is 0 Å². The smallest absolute Gasteiger partial charge is 0.233 e. The molecular formula is C21H18O9. The molecular weight excluding hydrogens is 396 g/mol. The van der Waals surface area contributed by atoms with Crippen LogP contribution < -0.4 is 15.2 Å². The van der Waals surface area contributed by atoms with Gasteiger partial charge in [0.15, 0.2) is 17.1 Å². The summed E-state index contributed by atoms with van der Waals surface area (Å²) < 4.78 is 5.10. The van der Waals surface area contributed by atoms with Crippen LogP contribution in [0, 0.1) is 5.92 Å². The minimum Gasteiger partial charge on any atom is -0.508 e. The number of phenols is 1. The van der Waals surface area contributed by atoms with E-state index in [1.54, 1.807) is 6.07 Å². The topological polar surface area (TPSA) is 162 Å². The number of aliphatic hydroxyl groups excluding tert-OH is 2. The number of hydrogen-bond donors (Lipinski definition) is 5. The average molecular weight is 414 g/mol. The van der Waals surface area contributed by atoms with Crippen molar-refractivity contribution in [3.63, 3.8) is 0 Å². The summed E-state index contributed by atoms with van der Waals surface area (Å²) in [7, 11) is 1.41. The molecule has 0 saturated heterocycles. The predicted octanol–water partition coefficient (Wildman–Crippen LogP) is -1.18. The zero-order valence-electron chi connectivity index (χ0n) is 16.0. The van der Waals surface area contributed by atoms with E-state index < -0.39 is 58.0 Å². The molecule has 156 valence electrons. The van der Waals surface area contributed by atoms with Crippen LogP contribution in [0.2, 0.25) is 0 Å². The number of ether oxygens (including phenoxy) is 1. The maximum Gasteiger partial charge on any atom is 0.233 e. The van der Waals surface area contributed by atoms with Crippen molar-refractivity contribution in [1.29, 1.82) is 0 Å². The van der Waals surface area contributed by atoms with Crippen LogP contribution in [0.25, 0.3) is 12.2 Å². The van der Waals surface area contributed by atoms with Crippen molar-refractivity contribution in [2.75, 3.05) is 7.11 Å². The number of benzene rings is 1. The Kier molecular flexibility index (Phi) is 4.00. The molecule has 0 spiro atoms. The number of aromatic hydroxyl groups is 1. The summed E-state index contributed by atoms with van der Waals surface area (Å²) in [6, 6.07) is 2.92.